The third kappa shape index (κ3) is 5.96. The zero-order valence-corrected chi connectivity index (χ0v) is 23.1. The van der Waals surface area contributed by atoms with E-state index < -0.39 is 11.6 Å². The molecular weight excluding hydrogens is 502 g/mol. The van der Waals surface area contributed by atoms with Crippen LogP contribution in [0.5, 0.6) is 11.5 Å². The minimum absolute atomic E-state index is 0.0842. The molecule has 0 unspecified atom stereocenters. The van der Waals surface area contributed by atoms with Crippen molar-refractivity contribution >= 4 is 34.2 Å². The number of benzene rings is 2. The normalized spacial score (nSPS) is 12.2. The molecule has 2 amide bonds. The first-order valence-corrected chi connectivity index (χ1v) is 13.3. The predicted octanol–water partition coefficient (Wildman–Crippen LogP) is 4.58. The Morgan fingerprint density at radius 3 is 2.58 bits per heavy atom. The van der Waals surface area contributed by atoms with Gasteiger partial charge in [-0.1, -0.05) is 30.3 Å². The van der Waals surface area contributed by atoms with Gasteiger partial charge in [0.05, 0.1) is 26.3 Å². The molecule has 38 heavy (non-hydrogen) atoms. The van der Waals surface area contributed by atoms with Crippen LogP contribution in [0.3, 0.4) is 0 Å². The number of hydrogen-bond acceptors (Lipinski definition) is 7. The Hall–Kier alpha value is -3.92. The first kappa shape index (κ1) is 27.1. The van der Waals surface area contributed by atoms with Crippen molar-refractivity contribution in [2.45, 2.75) is 51.9 Å². The number of rotatable bonds is 11. The van der Waals surface area contributed by atoms with Gasteiger partial charge in [0.1, 0.15) is 29.6 Å². The van der Waals surface area contributed by atoms with Crippen molar-refractivity contribution in [2.75, 3.05) is 14.2 Å². The fourth-order valence-electron chi connectivity index (χ4n) is 4.14. The fourth-order valence-corrected chi connectivity index (χ4v) is 4.84. The molecule has 0 spiro atoms. The quantitative estimate of drug-likeness (QED) is 0.302. The van der Waals surface area contributed by atoms with Crippen LogP contribution in [0.1, 0.15) is 43.7 Å². The molecule has 0 fully saturated rings. The summed E-state index contributed by atoms with van der Waals surface area (Å²) in [4.78, 5) is 30.6. The summed E-state index contributed by atoms with van der Waals surface area (Å²) in [6, 6.07) is 15.6. The lowest BCUT2D eigenvalue weighted by Gasteiger charge is -2.35. The molecule has 0 aliphatic rings. The maximum atomic E-state index is 14.1. The minimum Gasteiger partial charge on any atom is -0.497 e. The van der Waals surface area contributed by atoms with Crippen LogP contribution >= 0.6 is 11.3 Å². The van der Waals surface area contributed by atoms with Crippen LogP contribution in [0.4, 0.5) is 0 Å². The highest BCUT2D eigenvalue weighted by molar-refractivity contribution is 7.09. The Morgan fingerprint density at radius 2 is 1.89 bits per heavy atom. The number of methoxy groups -OCH3 is 2. The number of hydrogen-bond donors (Lipinski definition) is 1. The van der Waals surface area contributed by atoms with Crippen LogP contribution in [-0.4, -0.2) is 51.5 Å². The van der Waals surface area contributed by atoms with Crippen LogP contribution in [0.15, 0.2) is 60.0 Å². The van der Waals surface area contributed by atoms with Crippen LogP contribution in [0.2, 0.25) is 0 Å². The molecule has 9 nitrogen and oxygen atoms in total. The summed E-state index contributed by atoms with van der Waals surface area (Å²) in [5.41, 5.74) is 1.48. The molecule has 0 saturated carbocycles. The second-order valence-electron chi connectivity index (χ2n) is 9.57. The van der Waals surface area contributed by atoms with Gasteiger partial charge in [0.2, 0.25) is 11.8 Å². The molecule has 0 saturated heterocycles. The molecule has 4 aromatic rings. The van der Waals surface area contributed by atoms with E-state index in [0.29, 0.717) is 29.0 Å². The minimum atomic E-state index is -0.990. The summed E-state index contributed by atoms with van der Waals surface area (Å²) in [6.45, 7) is 6.06. The lowest BCUT2D eigenvalue weighted by Crippen LogP contribution is -2.50. The Morgan fingerprint density at radius 1 is 1.11 bits per heavy atom. The second-order valence-corrected chi connectivity index (χ2v) is 10.6. The number of para-hydroxylation sites is 1. The Balaban J connectivity index is 1.82. The summed E-state index contributed by atoms with van der Waals surface area (Å²) < 4.78 is 12.7. The SMILES string of the molecule is CCC(C)(C)NC(=O)[C@H](c1cc(OC)ccc1OC)N(Cc1cccs1)C(=O)Cn1nnc2ccccc21. The van der Waals surface area contributed by atoms with Gasteiger partial charge < -0.3 is 19.7 Å². The topological polar surface area (TPSA) is 98.6 Å². The van der Waals surface area contributed by atoms with Crippen molar-refractivity contribution in [2.24, 2.45) is 0 Å². The molecule has 0 aliphatic carbocycles. The van der Waals surface area contributed by atoms with Crippen molar-refractivity contribution in [1.82, 2.24) is 25.2 Å². The van der Waals surface area contributed by atoms with E-state index in [4.69, 9.17) is 9.47 Å². The molecule has 2 aromatic carbocycles. The average Bonchev–Trinajstić information content (AvgIpc) is 3.58. The number of thiophene rings is 1. The third-order valence-electron chi connectivity index (χ3n) is 6.57. The van der Waals surface area contributed by atoms with Crippen LogP contribution in [-0.2, 0) is 22.7 Å². The molecule has 200 valence electrons. The Labute approximate surface area is 226 Å². The third-order valence-corrected chi connectivity index (χ3v) is 7.43. The fraction of sp³-hybridized carbons (Fsp3) is 0.357. The average molecular weight is 536 g/mol. The second kappa shape index (κ2) is 11.6. The number of aromatic nitrogens is 3. The largest absolute Gasteiger partial charge is 0.497 e. The van der Waals surface area contributed by atoms with Crippen molar-refractivity contribution in [3.05, 3.63) is 70.4 Å². The van der Waals surface area contributed by atoms with Gasteiger partial charge in [-0.2, -0.15) is 0 Å². The van der Waals surface area contributed by atoms with Gasteiger partial charge in [-0.25, -0.2) is 4.68 Å². The number of nitrogens with zero attached hydrogens (tertiary/aromatic N) is 4. The Bertz CT molecular complexity index is 1400. The number of nitrogens with one attached hydrogen (secondary N) is 1. The van der Waals surface area contributed by atoms with E-state index in [1.165, 1.54) is 11.3 Å². The van der Waals surface area contributed by atoms with E-state index in [2.05, 4.69) is 15.6 Å². The van der Waals surface area contributed by atoms with Gasteiger partial charge in [0, 0.05) is 16.0 Å². The van der Waals surface area contributed by atoms with E-state index in [0.717, 1.165) is 10.4 Å². The number of ether oxygens (including phenoxy) is 2. The maximum Gasteiger partial charge on any atom is 0.248 e. The lowest BCUT2D eigenvalue weighted by atomic mass is 9.97. The van der Waals surface area contributed by atoms with E-state index in [1.807, 2.05) is 62.5 Å². The highest BCUT2D eigenvalue weighted by Crippen LogP contribution is 2.35. The van der Waals surface area contributed by atoms with Gasteiger partial charge in [-0.15, -0.1) is 16.4 Å². The van der Waals surface area contributed by atoms with E-state index in [9.17, 15) is 9.59 Å². The van der Waals surface area contributed by atoms with Gasteiger partial charge in [0.25, 0.3) is 0 Å². The Kier molecular flexibility index (Phi) is 8.31. The first-order valence-electron chi connectivity index (χ1n) is 12.4. The van der Waals surface area contributed by atoms with Crippen LogP contribution < -0.4 is 14.8 Å². The van der Waals surface area contributed by atoms with Crippen LogP contribution in [0, 0.1) is 0 Å². The number of fused-ring (bicyclic) bond motifs is 1. The van der Waals surface area contributed by atoms with Crippen LogP contribution in [0.25, 0.3) is 11.0 Å². The predicted molar refractivity (Wildman–Crippen MR) is 147 cm³/mol. The summed E-state index contributed by atoms with van der Waals surface area (Å²) >= 11 is 1.52. The molecule has 1 atom stereocenters. The number of carbonyl (C=O) groups is 2. The molecular formula is C28H33N5O4S. The number of carbonyl (C=O) groups excluding carboxylic acids is 2. The van der Waals surface area contributed by atoms with E-state index in [1.54, 1.807) is 42.0 Å². The van der Waals surface area contributed by atoms with Gasteiger partial charge in [-0.3, -0.25) is 9.59 Å². The van der Waals surface area contributed by atoms with Crippen molar-refractivity contribution < 1.29 is 19.1 Å². The molecule has 2 heterocycles. The van der Waals surface area contributed by atoms with Crippen molar-refractivity contribution in [1.29, 1.82) is 0 Å². The zero-order chi connectivity index (χ0) is 27.3. The van der Waals surface area contributed by atoms with Crippen molar-refractivity contribution in [3.8, 4) is 11.5 Å². The molecule has 2 aromatic heterocycles. The number of amides is 2. The molecule has 4 rings (SSSR count). The lowest BCUT2D eigenvalue weighted by molar-refractivity contribution is -0.143. The summed E-state index contributed by atoms with van der Waals surface area (Å²) in [7, 11) is 3.11. The molecule has 0 bridgehead atoms. The monoisotopic (exact) mass is 535 g/mol. The molecule has 1 N–H and O–H groups in total. The zero-order valence-electron chi connectivity index (χ0n) is 22.3. The highest BCUT2D eigenvalue weighted by Gasteiger charge is 2.36. The molecule has 0 radical (unpaired) electrons. The van der Waals surface area contributed by atoms with Gasteiger partial charge in [-0.05, 0) is 62.0 Å². The molecule has 0 aliphatic heterocycles. The van der Waals surface area contributed by atoms with E-state index >= 15 is 0 Å². The highest BCUT2D eigenvalue weighted by atomic mass is 32.1. The smallest absolute Gasteiger partial charge is 0.248 e. The summed E-state index contributed by atoms with van der Waals surface area (Å²) in [5, 5.41) is 13.5. The maximum absolute atomic E-state index is 14.1. The van der Waals surface area contributed by atoms with Gasteiger partial charge in [0.15, 0.2) is 0 Å². The standard InChI is InChI=1S/C28H33N5O4S/c1-6-28(2,3)29-27(35)26(21-16-19(36-4)13-14-24(21)37-5)32(17-20-10-9-15-38-20)25(34)18-33-23-12-8-7-11-22(23)30-31-33/h7-16,26H,6,17-18H2,1-5H3,(H,29,35)/t26-/m0/s1. The summed E-state index contributed by atoms with van der Waals surface area (Å²) in [6.07, 6.45) is 0.713. The molecule has 10 heteroatoms. The first-order chi connectivity index (χ1) is 18.3. The summed E-state index contributed by atoms with van der Waals surface area (Å²) in [5.74, 6) is 0.444. The van der Waals surface area contributed by atoms with Gasteiger partial charge >= 0.3 is 0 Å². The van der Waals surface area contributed by atoms with E-state index in [-0.39, 0.29) is 24.9 Å². The van der Waals surface area contributed by atoms with Crippen molar-refractivity contribution in [3.63, 3.8) is 0 Å².